The molecule has 1 saturated heterocycles. The van der Waals surface area contributed by atoms with E-state index in [0.29, 0.717) is 19.4 Å². The van der Waals surface area contributed by atoms with Gasteiger partial charge in [-0.15, -0.1) is 0 Å². The number of hydrogen-bond donors (Lipinski definition) is 1. The molecule has 1 aliphatic heterocycles. The first-order valence-electron chi connectivity index (χ1n) is 7.87. The molecule has 134 valence electrons. The van der Waals surface area contributed by atoms with E-state index < -0.39 is 16.2 Å². The van der Waals surface area contributed by atoms with Crippen LogP contribution in [0.15, 0.2) is 30.3 Å². The topological polar surface area (TPSA) is 94.2 Å². The Hall–Kier alpha value is -1.64. The summed E-state index contributed by atoms with van der Waals surface area (Å²) in [6.07, 6.45) is 2.55. The van der Waals surface area contributed by atoms with Gasteiger partial charge in [-0.25, -0.2) is 4.79 Å². The minimum atomic E-state index is -3.40. The van der Waals surface area contributed by atoms with E-state index in [0.717, 1.165) is 18.2 Å². The van der Waals surface area contributed by atoms with E-state index in [-0.39, 0.29) is 25.4 Å². The Labute approximate surface area is 142 Å². The third-order valence-corrected chi connectivity index (χ3v) is 4.13. The molecule has 1 N–H and O–H groups in total. The lowest BCUT2D eigenvalue weighted by Crippen LogP contribution is -2.39. The molecule has 0 unspecified atom stereocenters. The van der Waals surface area contributed by atoms with E-state index in [1.54, 1.807) is 0 Å². The maximum Gasteiger partial charge on any atom is 0.407 e. The lowest BCUT2D eigenvalue weighted by molar-refractivity contribution is 0.132. The van der Waals surface area contributed by atoms with Crippen molar-refractivity contribution < 1.29 is 26.9 Å². The van der Waals surface area contributed by atoms with Gasteiger partial charge in [0.1, 0.15) is 12.7 Å². The van der Waals surface area contributed by atoms with Crippen LogP contribution in [0.1, 0.15) is 24.8 Å². The molecule has 0 spiro atoms. The van der Waals surface area contributed by atoms with Crippen LogP contribution in [-0.4, -0.2) is 46.1 Å². The first-order chi connectivity index (χ1) is 11.4. The van der Waals surface area contributed by atoms with Crippen molar-refractivity contribution in [3.63, 3.8) is 0 Å². The molecule has 1 heterocycles. The Morgan fingerprint density at radius 3 is 2.67 bits per heavy atom. The first kappa shape index (κ1) is 18.7. The minimum Gasteiger partial charge on any atom is -0.445 e. The van der Waals surface area contributed by atoms with Gasteiger partial charge in [0.15, 0.2) is 0 Å². The summed E-state index contributed by atoms with van der Waals surface area (Å²) < 4.78 is 36.9. The number of amides is 1. The molecule has 0 saturated carbocycles. The standard InChI is InChI=1S/C16H23NO6S/c1-24(19,20)23-10-6-5-9-14(15-12-21-15)17-16(18)22-11-13-7-3-2-4-8-13/h2-4,7-8,14-15H,5-6,9-12H2,1H3,(H,17,18)/t14-,15+/m0/s1. The van der Waals surface area contributed by atoms with Crippen molar-refractivity contribution in [3.05, 3.63) is 35.9 Å². The number of benzene rings is 1. The molecule has 1 aromatic rings. The second-order valence-electron chi connectivity index (χ2n) is 5.71. The van der Waals surface area contributed by atoms with Crippen molar-refractivity contribution in [1.29, 1.82) is 0 Å². The highest BCUT2D eigenvalue weighted by atomic mass is 32.2. The first-order valence-corrected chi connectivity index (χ1v) is 9.69. The fourth-order valence-corrected chi connectivity index (χ4v) is 2.65. The molecule has 0 aliphatic carbocycles. The van der Waals surface area contributed by atoms with Crippen LogP contribution < -0.4 is 5.32 Å². The summed E-state index contributed by atoms with van der Waals surface area (Å²) in [5.41, 5.74) is 0.921. The zero-order chi connectivity index (χ0) is 17.4. The number of nitrogens with one attached hydrogen (secondary N) is 1. The minimum absolute atomic E-state index is 0.00472. The smallest absolute Gasteiger partial charge is 0.407 e. The van der Waals surface area contributed by atoms with Crippen molar-refractivity contribution >= 4 is 16.2 Å². The van der Waals surface area contributed by atoms with E-state index >= 15 is 0 Å². The molecular formula is C16H23NO6S. The third kappa shape index (κ3) is 7.76. The van der Waals surface area contributed by atoms with Crippen LogP contribution >= 0.6 is 0 Å². The SMILES string of the molecule is CS(=O)(=O)OCCCC[C@H](NC(=O)OCc1ccccc1)[C@H]1CO1. The lowest BCUT2D eigenvalue weighted by Gasteiger charge is -2.16. The highest BCUT2D eigenvalue weighted by molar-refractivity contribution is 7.85. The molecule has 1 aliphatic rings. The molecule has 0 aromatic heterocycles. The lowest BCUT2D eigenvalue weighted by atomic mass is 10.1. The van der Waals surface area contributed by atoms with Crippen molar-refractivity contribution in [2.75, 3.05) is 19.5 Å². The number of ether oxygens (including phenoxy) is 2. The number of rotatable bonds is 10. The second-order valence-corrected chi connectivity index (χ2v) is 7.35. The third-order valence-electron chi connectivity index (χ3n) is 3.53. The number of alkyl carbamates (subject to hydrolysis) is 1. The summed E-state index contributed by atoms with van der Waals surface area (Å²) in [5.74, 6) is 0. The van der Waals surface area contributed by atoms with E-state index in [9.17, 15) is 13.2 Å². The molecule has 2 rings (SSSR count). The van der Waals surface area contributed by atoms with E-state index in [1.807, 2.05) is 30.3 Å². The predicted octanol–water partition coefficient (Wildman–Crippen LogP) is 1.83. The van der Waals surface area contributed by atoms with Gasteiger partial charge < -0.3 is 14.8 Å². The van der Waals surface area contributed by atoms with Crippen molar-refractivity contribution in [2.24, 2.45) is 0 Å². The predicted molar refractivity (Wildman–Crippen MR) is 87.9 cm³/mol. The van der Waals surface area contributed by atoms with Crippen LogP contribution in [-0.2, 0) is 30.4 Å². The van der Waals surface area contributed by atoms with E-state index in [4.69, 9.17) is 9.47 Å². The van der Waals surface area contributed by atoms with Crippen molar-refractivity contribution in [1.82, 2.24) is 5.32 Å². The van der Waals surface area contributed by atoms with Crippen LogP contribution in [0.25, 0.3) is 0 Å². The van der Waals surface area contributed by atoms with Gasteiger partial charge in [0.05, 0.1) is 25.5 Å². The average Bonchev–Trinajstić information content (AvgIpc) is 3.36. The maximum atomic E-state index is 11.9. The van der Waals surface area contributed by atoms with Crippen LogP contribution in [0, 0.1) is 0 Å². The Kier molecular flexibility index (Phi) is 7.01. The zero-order valence-corrected chi connectivity index (χ0v) is 14.5. The van der Waals surface area contributed by atoms with Crippen molar-refractivity contribution in [3.8, 4) is 0 Å². The number of epoxide rings is 1. The summed E-state index contributed by atoms with van der Waals surface area (Å²) in [6, 6.07) is 9.31. The Morgan fingerprint density at radius 1 is 1.33 bits per heavy atom. The average molecular weight is 357 g/mol. The van der Waals surface area contributed by atoms with E-state index in [1.165, 1.54) is 0 Å². The van der Waals surface area contributed by atoms with Crippen LogP contribution in [0.4, 0.5) is 4.79 Å². The molecule has 8 heteroatoms. The van der Waals surface area contributed by atoms with Gasteiger partial charge in [-0.1, -0.05) is 30.3 Å². The van der Waals surface area contributed by atoms with Gasteiger partial charge in [-0.2, -0.15) is 8.42 Å². The largest absolute Gasteiger partial charge is 0.445 e. The molecule has 1 aromatic carbocycles. The molecule has 1 amide bonds. The number of carbonyl (C=O) groups is 1. The van der Waals surface area contributed by atoms with Crippen LogP contribution in [0.2, 0.25) is 0 Å². The number of hydrogen-bond acceptors (Lipinski definition) is 6. The summed E-state index contributed by atoms with van der Waals surface area (Å²) in [6.45, 7) is 0.978. The van der Waals surface area contributed by atoms with Gasteiger partial charge in [-0.3, -0.25) is 4.18 Å². The highest BCUT2D eigenvalue weighted by Crippen LogP contribution is 2.19. The monoisotopic (exact) mass is 357 g/mol. The number of carbonyl (C=O) groups excluding carboxylic acids is 1. The highest BCUT2D eigenvalue weighted by Gasteiger charge is 2.33. The van der Waals surface area contributed by atoms with Gasteiger partial charge in [-0.05, 0) is 24.8 Å². The van der Waals surface area contributed by atoms with Crippen LogP contribution in [0.5, 0.6) is 0 Å². The molecule has 7 nitrogen and oxygen atoms in total. The quantitative estimate of drug-likeness (QED) is 0.390. The molecule has 1 fully saturated rings. The van der Waals surface area contributed by atoms with Gasteiger partial charge in [0.2, 0.25) is 0 Å². The summed E-state index contributed by atoms with van der Waals surface area (Å²) in [4.78, 5) is 11.9. The summed E-state index contributed by atoms with van der Waals surface area (Å²) in [5, 5.41) is 2.81. The second kappa shape index (κ2) is 9.00. The fraction of sp³-hybridized carbons (Fsp3) is 0.562. The molecule has 24 heavy (non-hydrogen) atoms. The molecular weight excluding hydrogens is 334 g/mol. The number of unbranched alkanes of at least 4 members (excludes halogenated alkanes) is 1. The normalized spacial score (nSPS) is 18.0. The molecule has 0 bridgehead atoms. The van der Waals surface area contributed by atoms with Crippen molar-refractivity contribution in [2.45, 2.75) is 38.0 Å². The van der Waals surface area contributed by atoms with E-state index in [2.05, 4.69) is 9.50 Å². The Balaban J connectivity index is 1.66. The summed E-state index contributed by atoms with van der Waals surface area (Å²) in [7, 11) is -3.40. The van der Waals surface area contributed by atoms with Gasteiger partial charge in [0.25, 0.3) is 10.1 Å². The maximum absolute atomic E-state index is 11.9. The molecule has 2 atom stereocenters. The van der Waals surface area contributed by atoms with Gasteiger partial charge in [0, 0.05) is 0 Å². The Morgan fingerprint density at radius 2 is 2.04 bits per heavy atom. The molecule has 0 radical (unpaired) electrons. The fourth-order valence-electron chi connectivity index (χ4n) is 2.23. The van der Waals surface area contributed by atoms with Crippen LogP contribution in [0.3, 0.4) is 0 Å². The van der Waals surface area contributed by atoms with Gasteiger partial charge >= 0.3 is 6.09 Å². The summed E-state index contributed by atoms with van der Waals surface area (Å²) >= 11 is 0. The Bertz CT molecular complexity index is 615. The zero-order valence-electron chi connectivity index (χ0n) is 13.6.